The van der Waals surface area contributed by atoms with E-state index in [0.717, 1.165) is 11.1 Å². The number of aromatic nitrogens is 1. The molecule has 1 aromatic heterocycles. The molecule has 216 valence electrons. The maximum absolute atomic E-state index is 13.2. The first-order valence-corrected chi connectivity index (χ1v) is 13.2. The van der Waals surface area contributed by atoms with E-state index >= 15 is 0 Å². The molecule has 0 aliphatic rings. The number of nitrogens with one attached hydrogen (secondary N) is 4. The Morgan fingerprint density at radius 1 is 1.05 bits per heavy atom. The molecule has 0 unspecified atom stereocenters. The van der Waals surface area contributed by atoms with Gasteiger partial charge in [0.2, 0.25) is 0 Å². The summed E-state index contributed by atoms with van der Waals surface area (Å²) in [5.74, 6) is 0.948. The van der Waals surface area contributed by atoms with E-state index in [1.807, 2.05) is 18.2 Å². The Labute approximate surface area is 248 Å². The molecular weight excluding hydrogens is 559 g/mol. The quantitative estimate of drug-likeness (QED) is 0.126. The number of allylic oxidation sites excluding steroid dienone is 1. The Balaban J connectivity index is 1.44. The lowest BCUT2D eigenvalue weighted by atomic mass is 10.0. The van der Waals surface area contributed by atoms with Crippen molar-refractivity contribution in [3.05, 3.63) is 112 Å². The zero-order chi connectivity index (χ0) is 30.1. The van der Waals surface area contributed by atoms with E-state index in [9.17, 15) is 9.18 Å². The fourth-order valence-corrected chi connectivity index (χ4v) is 4.36. The zero-order valence-corrected chi connectivity index (χ0v) is 23.8. The van der Waals surface area contributed by atoms with Crippen molar-refractivity contribution in [1.29, 1.82) is 5.41 Å². The third-order valence-electron chi connectivity index (χ3n) is 6.31. The lowest BCUT2D eigenvalue weighted by Gasteiger charge is -2.14. The standard InChI is InChI=1S/C31H30ClFN6O3/c1-41-26-8-3-20(28(14-26)42-2)17-38-30-29(35)27(9-10-36-30)31(40)39-16-19-11-21(13-23(32)12-19)22(15-34)18-37-25-6-4-24(33)5-7-25/h3-15,18,34,37H,16-17,35H2,1-2H3,(H,36,38)(H,39,40)/b22-18+,34-15?. The second-order valence-corrected chi connectivity index (χ2v) is 9.51. The molecule has 1 amide bonds. The number of benzene rings is 3. The topological polar surface area (TPSA) is 134 Å². The zero-order valence-electron chi connectivity index (χ0n) is 23.0. The molecule has 0 aliphatic carbocycles. The summed E-state index contributed by atoms with van der Waals surface area (Å²) in [4.78, 5) is 17.4. The highest BCUT2D eigenvalue weighted by Crippen LogP contribution is 2.27. The molecule has 0 saturated carbocycles. The fraction of sp³-hybridized carbons (Fsp3) is 0.129. The molecule has 0 spiro atoms. The van der Waals surface area contributed by atoms with E-state index in [1.165, 1.54) is 24.5 Å². The van der Waals surface area contributed by atoms with Crippen LogP contribution in [-0.2, 0) is 13.1 Å². The van der Waals surface area contributed by atoms with Crippen LogP contribution < -0.4 is 31.2 Å². The van der Waals surface area contributed by atoms with Gasteiger partial charge >= 0.3 is 0 Å². The van der Waals surface area contributed by atoms with E-state index < -0.39 is 0 Å². The number of pyridine rings is 1. The van der Waals surface area contributed by atoms with Gasteiger partial charge in [-0.05, 0) is 71.8 Å². The molecule has 1 heterocycles. The maximum Gasteiger partial charge on any atom is 0.253 e. The minimum Gasteiger partial charge on any atom is -0.497 e. The maximum atomic E-state index is 13.2. The summed E-state index contributed by atoms with van der Waals surface area (Å²) >= 11 is 6.36. The number of nitrogens with zero attached hydrogens (tertiary/aromatic N) is 1. The number of nitrogen functional groups attached to an aromatic ring is 1. The van der Waals surface area contributed by atoms with Crippen LogP contribution in [0.1, 0.15) is 27.0 Å². The Bertz CT molecular complexity index is 1610. The third kappa shape index (κ3) is 7.55. The van der Waals surface area contributed by atoms with Gasteiger partial charge in [0.05, 0.1) is 25.5 Å². The Hall–Kier alpha value is -5.09. The van der Waals surface area contributed by atoms with Crippen LogP contribution in [0.4, 0.5) is 21.6 Å². The number of methoxy groups -OCH3 is 2. The largest absolute Gasteiger partial charge is 0.497 e. The summed E-state index contributed by atoms with van der Waals surface area (Å²) in [6, 6.07) is 18.1. The summed E-state index contributed by atoms with van der Waals surface area (Å²) in [7, 11) is 3.16. The molecular formula is C31H30ClFN6O3. The van der Waals surface area contributed by atoms with Gasteiger partial charge in [0.25, 0.3) is 5.91 Å². The summed E-state index contributed by atoms with van der Waals surface area (Å²) in [5, 5.41) is 17.4. The molecule has 0 atom stereocenters. The number of amides is 1. The molecule has 4 aromatic rings. The van der Waals surface area contributed by atoms with Crippen LogP contribution in [0.25, 0.3) is 5.57 Å². The van der Waals surface area contributed by atoms with Gasteiger partial charge in [0, 0.05) is 59.6 Å². The minimum atomic E-state index is -0.387. The van der Waals surface area contributed by atoms with Crippen molar-refractivity contribution in [3.8, 4) is 11.5 Å². The summed E-state index contributed by atoms with van der Waals surface area (Å²) in [6.45, 7) is 0.524. The van der Waals surface area contributed by atoms with Crippen LogP contribution in [0.5, 0.6) is 11.5 Å². The van der Waals surface area contributed by atoms with Gasteiger partial charge in [-0.25, -0.2) is 9.37 Å². The van der Waals surface area contributed by atoms with Crippen molar-refractivity contribution in [3.63, 3.8) is 0 Å². The number of hydrogen-bond acceptors (Lipinski definition) is 8. The molecule has 11 heteroatoms. The Morgan fingerprint density at radius 2 is 1.83 bits per heavy atom. The van der Waals surface area contributed by atoms with Crippen LogP contribution in [0.3, 0.4) is 0 Å². The molecule has 4 rings (SSSR count). The molecule has 0 radical (unpaired) electrons. The average molecular weight is 589 g/mol. The normalized spacial score (nSPS) is 11.0. The molecule has 0 fully saturated rings. The highest BCUT2D eigenvalue weighted by Gasteiger charge is 2.15. The van der Waals surface area contributed by atoms with E-state index in [-0.39, 0.29) is 29.5 Å². The fourth-order valence-electron chi connectivity index (χ4n) is 4.10. The van der Waals surface area contributed by atoms with Gasteiger partial charge in [-0.3, -0.25) is 4.79 Å². The van der Waals surface area contributed by atoms with Crippen molar-refractivity contribution in [2.24, 2.45) is 0 Å². The molecule has 42 heavy (non-hydrogen) atoms. The number of halogens is 2. The number of nitrogens with two attached hydrogens (primary N) is 1. The summed E-state index contributed by atoms with van der Waals surface area (Å²) in [5.41, 5.74) is 10.2. The van der Waals surface area contributed by atoms with Crippen molar-refractivity contribution in [1.82, 2.24) is 10.3 Å². The summed E-state index contributed by atoms with van der Waals surface area (Å²) < 4.78 is 23.9. The van der Waals surface area contributed by atoms with E-state index in [4.69, 9.17) is 32.2 Å². The van der Waals surface area contributed by atoms with Crippen LogP contribution in [0.2, 0.25) is 5.02 Å². The third-order valence-corrected chi connectivity index (χ3v) is 6.53. The van der Waals surface area contributed by atoms with Gasteiger partial charge in [-0.2, -0.15) is 0 Å². The first-order chi connectivity index (χ1) is 20.3. The van der Waals surface area contributed by atoms with Crippen LogP contribution in [-0.4, -0.2) is 31.3 Å². The number of anilines is 3. The summed E-state index contributed by atoms with van der Waals surface area (Å²) in [6.07, 6.45) is 4.31. The molecule has 0 saturated heterocycles. The van der Waals surface area contributed by atoms with Gasteiger partial charge < -0.3 is 36.6 Å². The highest BCUT2D eigenvalue weighted by atomic mass is 35.5. The van der Waals surface area contributed by atoms with E-state index in [2.05, 4.69) is 20.9 Å². The number of rotatable bonds is 12. The highest BCUT2D eigenvalue weighted by molar-refractivity contribution is 6.31. The second kappa shape index (κ2) is 14.0. The molecule has 9 nitrogen and oxygen atoms in total. The Kier molecular flexibility index (Phi) is 9.96. The van der Waals surface area contributed by atoms with Crippen molar-refractivity contribution < 1.29 is 18.7 Å². The average Bonchev–Trinajstić information content (AvgIpc) is 3.00. The van der Waals surface area contributed by atoms with Crippen molar-refractivity contribution in [2.45, 2.75) is 13.1 Å². The molecule has 0 bridgehead atoms. The van der Waals surface area contributed by atoms with Crippen molar-refractivity contribution >= 4 is 46.5 Å². The van der Waals surface area contributed by atoms with Gasteiger partial charge in [-0.15, -0.1) is 0 Å². The number of hydrogen-bond donors (Lipinski definition) is 5. The number of carbonyl (C=O) groups is 1. The predicted octanol–water partition coefficient (Wildman–Crippen LogP) is 6.12. The predicted molar refractivity (Wildman–Crippen MR) is 165 cm³/mol. The van der Waals surface area contributed by atoms with E-state index in [0.29, 0.717) is 45.7 Å². The monoisotopic (exact) mass is 588 g/mol. The number of carbonyl (C=O) groups excluding carboxylic acids is 1. The molecule has 6 N–H and O–H groups in total. The van der Waals surface area contributed by atoms with Crippen LogP contribution >= 0.6 is 11.6 Å². The van der Waals surface area contributed by atoms with E-state index in [1.54, 1.807) is 56.8 Å². The lowest BCUT2D eigenvalue weighted by Crippen LogP contribution is -2.24. The smallest absolute Gasteiger partial charge is 0.253 e. The van der Waals surface area contributed by atoms with Crippen LogP contribution in [0, 0.1) is 11.2 Å². The molecule has 0 aliphatic heterocycles. The Morgan fingerprint density at radius 3 is 2.55 bits per heavy atom. The van der Waals surface area contributed by atoms with Gasteiger partial charge in [0.15, 0.2) is 0 Å². The SMILES string of the molecule is COc1ccc(CNc2nccc(C(=O)NCc3cc(Cl)cc(/C(C=N)=C/Nc4ccc(F)cc4)c3)c2N)c(OC)c1. The lowest BCUT2D eigenvalue weighted by molar-refractivity contribution is 0.0951. The van der Waals surface area contributed by atoms with Gasteiger partial charge in [-0.1, -0.05) is 11.6 Å². The van der Waals surface area contributed by atoms with Crippen molar-refractivity contribution in [2.75, 3.05) is 30.6 Å². The minimum absolute atomic E-state index is 0.163. The first kappa shape index (κ1) is 29.9. The second-order valence-electron chi connectivity index (χ2n) is 9.08. The first-order valence-electron chi connectivity index (χ1n) is 12.8. The van der Waals surface area contributed by atoms with Crippen LogP contribution in [0.15, 0.2) is 79.1 Å². The van der Waals surface area contributed by atoms with Gasteiger partial charge in [0.1, 0.15) is 23.1 Å². The number of ether oxygens (including phenoxy) is 2. The molecule has 3 aromatic carbocycles.